The van der Waals surface area contributed by atoms with Crippen molar-refractivity contribution in [1.82, 2.24) is 9.71 Å². The van der Waals surface area contributed by atoms with Crippen molar-refractivity contribution in [3.05, 3.63) is 11.2 Å². The number of halogens is 1. The summed E-state index contributed by atoms with van der Waals surface area (Å²) in [4.78, 5) is 3.92. The standard InChI is InChI=1S/C9H15ClN2O2S2/c1-3-8(10)4-5-12-16(13,14)9-6-11-7(2)15-9/h6,8,12H,3-5H2,1-2H3. The number of alkyl halides is 1. The molecule has 0 aromatic carbocycles. The van der Waals surface area contributed by atoms with Gasteiger partial charge >= 0.3 is 0 Å². The van der Waals surface area contributed by atoms with Crippen molar-refractivity contribution in [2.75, 3.05) is 6.54 Å². The quantitative estimate of drug-likeness (QED) is 0.813. The highest BCUT2D eigenvalue weighted by molar-refractivity contribution is 7.91. The van der Waals surface area contributed by atoms with Crippen molar-refractivity contribution in [3.8, 4) is 0 Å². The number of nitrogens with zero attached hydrogens (tertiary/aromatic N) is 1. The zero-order valence-electron chi connectivity index (χ0n) is 9.23. The van der Waals surface area contributed by atoms with Gasteiger partial charge in [-0.25, -0.2) is 18.1 Å². The van der Waals surface area contributed by atoms with Gasteiger partial charge in [-0.2, -0.15) is 0 Å². The van der Waals surface area contributed by atoms with Crippen molar-refractivity contribution >= 4 is 33.0 Å². The fraction of sp³-hybridized carbons (Fsp3) is 0.667. The summed E-state index contributed by atoms with van der Waals surface area (Å²) in [5.41, 5.74) is 0. The van der Waals surface area contributed by atoms with Crippen LogP contribution in [0.4, 0.5) is 0 Å². The molecular formula is C9H15ClN2O2S2. The largest absolute Gasteiger partial charge is 0.251 e. The van der Waals surface area contributed by atoms with Gasteiger partial charge in [-0.05, 0) is 19.8 Å². The Balaban J connectivity index is 2.53. The molecule has 0 amide bonds. The van der Waals surface area contributed by atoms with E-state index in [2.05, 4.69) is 9.71 Å². The Morgan fingerprint density at radius 1 is 1.62 bits per heavy atom. The summed E-state index contributed by atoms with van der Waals surface area (Å²) in [6.45, 7) is 4.11. The average Bonchev–Trinajstić information content (AvgIpc) is 2.65. The Morgan fingerprint density at radius 3 is 2.81 bits per heavy atom. The minimum atomic E-state index is -3.40. The molecule has 0 aliphatic heterocycles. The second kappa shape index (κ2) is 5.95. The molecule has 4 nitrogen and oxygen atoms in total. The molecule has 1 N–H and O–H groups in total. The lowest BCUT2D eigenvalue weighted by molar-refractivity contribution is 0.578. The molecule has 1 atom stereocenters. The highest BCUT2D eigenvalue weighted by Crippen LogP contribution is 2.17. The minimum absolute atomic E-state index is 0.0193. The molecule has 0 aliphatic carbocycles. The van der Waals surface area contributed by atoms with E-state index in [-0.39, 0.29) is 9.59 Å². The topological polar surface area (TPSA) is 59.1 Å². The van der Waals surface area contributed by atoms with Gasteiger partial charge < -0.3 is 0 Å². The van der Waals surface area contributed by atoms with E-state index < -0.39 is 10.0 Å². The van der Waals surface area contributed by atoms with Gasteiger partial charge in [-0.1, -0.05) is 6.92 Å². The fourth-order valence-corrected chi connectivity index (χ4v) is 3.40. The molecule has 1 rings (SSSR count). The highest BCUT2D eigenvalue weighted by atomic mass is 35.5. The van der Waals surface area contributed by atoms with E-state index in [9.17, 15) is 8.42 Å². The van der Waals surface area contributed by atoms with Crippen LogP contribution in [-0.2, 0) is 10.0 Å². The second-order valence-corrected chi connectivity index (χ2v) is 7.24. The van der Waals surface area contributed by atoms with Crippen LogP contribution in [0.2, 0.25) is 0 Å². The number of hydrogen-bond donors (Lipinski definition) is 1. The predicted octanol–water partition coefficient (Wildman–Crippen LogP) is 2.14. The lowest BCUT2D eigenvalue weighted by Gasteiger charge is -2.07. The van der Waals surface area contributed by atoms with Crippen LogP contribution in [0, 0.1) is 6.92 Å². The second-order valence-electron chi connectivity index (χ2n) is 3.39. The Kier molecular flexibility index (Phi) is 5.17. The zero-order valence-corrected chi connectivity index (χ0v) is 11.6. The molecule has 0 bridgehead atoms. The molecule has 92 valence electrons. The Morgan fingerprint density at radius 2 is 2.31 bits per heavy atom. The molecule has 0 fully saturated rings. The first-order chi connectivity index (χ1) is 7.45. The van der Waals surface area contributed by atoms with Gasteiger partial charge in [0.1, 0.15) is 0 Å². The maximum Gasteiger partial charge on any atom is 0.251 e. The Bertz CT molecular complexity index is 430. The van der Waals surface area contributed by atoms with E-state index in [1.54, 1.807) is 6.92 Å². The molecule has 0 radical (unpaired) electrons. The third-order valence-electron chi connectivity index (χ3n) is 2.06. The van der Waals surface area contributed by atoms with Gasteiger partial charge in [-0.15, -0.1) is 22.9 Å². The Labute approximate surface area is 105 Å². The van der Waals surface area contributed by atoms with Gasteiger partial charge in [-0.3, -0.25) is 0 Å². The first-order valence-corrected chi connectivity index (χ1v) is 7.75. The number of sulfonamides is 1. The molecule has 0 saturated heterocycles. The zero-order chi connectivity index (χ0) is 12.2. The molecule has 1 aromatic heterocycles. The maximum absolute atomic E-state index is 11.7. The summed E-state index contributed by atoms with van der Waals surface area (Å²) in [7, 11) is -3.40. The molecule has 16 heavy (non-hydrogen) atoms. The summed E-state index contributed by atoms with van der Waals surface area (Å²) in [5.74, 6) is 0. The van der Waals surface area contributed by atoms with Crippen molar-refractivity contribution in [2.45, 2.75) is 36.3 Å². The maximum atomic E-state index is 11.7. The van der Waals surface area contributed by atoms with E-state index in [4.69, 9.17) is 11.6 Å². The summed E-state index contributed by atoms with van der Waals surface area (Å²) in [6, 6.07) is 0. The molecule has 0 saturated carbocycles. The normalized spacial score (nSPS) is 13.9. The summed E-state index contributed by atoms with van der Waals surface area (Å²) in [6.07, 6.45) is 2.85. The summed E-state index contributed by atoms with van der Waals surface area (Å²) in [5, 5.41) is 0.759. The average molecular weight is 283 g/mol. The molecule has 0 aliphatic rings. The third kappa shape index (κ3) is 4.01. The van der Waals surface area contributed by atoms with Crippen LogP contribution in [0.5, 0.6) is 0 Å². The van der Waals surface area contributed by atoms with E-state index in [1.807, 2.05) is 6.92 Å². The number of nitrogens with one attached hydrogen (secondary N) is 1. The van der Waals surface area contributed by atoms with Crippen LogP contribution < -0.4 is 4.72 Å². The number of rotatable bonds is 6. The van der Waals surface area contributed by atoms with Gasteiger partial charge in [0.25, 0.3) is 10.0 Å². The number of hydrogen-bond acceptors (Lipinski definition) is 4. The van der Waals surface area contributed by atoms with E-state index in [0.717, 1.165) is 22.8 Å². The van der Waals surface area contributed by atoms with Crippen molar-refractivity contribution in [2.24, 2.45) is 0 Å². The molecular weight excluding hydrogens is 268 g/mol. The van der Waals surface area contributed by atoms with Crippen LogP contribution >= 0.6 is 22.9 Å². The molecule has 1 aromatic rings. The first-order valence-electron chi connectivity index (χ1n) is 5.02. The lowest BCUT2D eigenvalue weighted by Crippen LogP contribution is -2.25. The molecule has 1 unspecified atom stereocenters. The smallest absolute Gasteiger partial charge is 0.249 e. The number of aromatic nitrogens is 1. The van der Waals surface area contributed by atoms with Crippen LogP contribution in [0.25, 0.3) is 0 Å². The SMILES string of the molecule is CCC(Cl)CCNS(=O)(=O)c1cnc(C)s1. The van der Waals surface area contributed by atoms with Crippen LogP contribution in [0.3, 0.4) is 0 Å². The fourth-order valence-electron chi connectivity index (χ4n) is 1.09. The van der Waals surface area contributed by atoms with Gasteiger partial charge in [0, 0.05) is 11.9 Å². The molecule has 1 heterocycles. The first kappa shape index (κ1) is 13.9. The van der Waals surface area contributed by atoms with Gasteiger partial charge in [0.05, 0.1) is 11.2 Å². The summed E-state index contributed by atoms with van der Waals surface area (Å²) < 4.78 is 26.2. The van der Waals surface area contributed by atoms with Crippen molar-refractivity contribution in [3.63, 3.8) is 0 Å². The van der Waals surface area contributed by atoms with Gasteiger partial charge in [0.2, 0.25) is 0 Å². The monoisotopic (exact) mass is 282 g/mol. The molecule has 0 spiro atoms. The van der Waals surface area contributed by atoms with E-state index >= 15 is 0 Å². The third-order valence-corrected chi connectivity index (χ3v) is 5.42. The van der Waals surface area contributed by atoms with E-state index in [0.29, 0.717) is 13.0 Å². The minimum Gasteiger partial charge on any atom is -0.249 e. The summed E-state index contributed by atoms with van der Waals surface area (Å²) >= 11 is 7.06. The van der Waals surface area contributed by atoms with Crippen molar-refractivity contribution in [1.29, 1.82) is 0 Å². The lowest BCUT2D eigenvalue weighted by atomic mass is 10.2. The number of thiazole rings is 1. The van der Waals surface area contributed by atoms with Crippen molar-refractivity contribution < 1.29 is 8.42 Å². The number of aryl methyl sites for hydroxylation is 1. The van der Waals surface area contributed by atoms with E-state index in [1.165, 1.54) is 6.20 Å². The van der Waals surface area contributed by atoms with Crippen LogP contribution in [0.1, 0.15) is 24.8 Å². The molecule has 7 heteroatoms. The predicted molar refractivity (Wildman–Crippen MR) is 66.6 cm³/mol. The Hall–Kier alpha value is -0.170. The highest BCUT2D eigenvalue weighted by Gasteiger charge is 2.16. The van der Waals surface area contributed by atoms with Crippen LogP contribution in [-0.4, -0.2) is 25.3 Å². The van der Waals surface area contributed by atoms with Gasteiger partial charge in [0.15, 0.2) is 4.21 Å². The van der Waals surface area contributed by atoms with Crippen LogP contribution in [0.15, 0.2) is 10.4 Å².